The second-order valence-electron chi connectivity index (χ2n) is 4.16. The van der Waals surface area contributed by atoms with Crippen molar-refractivity contribution >= 4 is 0 Å². The summed E-state index contributed by atoms with van der Waals surface area (Å²) in [6.07, 6.45) is 0.736. The third kappa shape index (κ3) is 4.84. The van der Waals surface area contributed by atoms with Crippen LogP contribution in [0.15, 0.2) is 30.3 Å². The molecule has 0 fully saturated rings. The van der Waals surface area contributed by atoms with Crippen LogP contribution >= 0.6 is 0 Å². The first-order valence-electron chi connectivity index (χ1n) is 6.09. The van der Waals surface area contributed by atoms with Gasteiger partial charge >= 0.3 is 0 Å². The quantitative estimate of drug-likeness (QED) is 0.727. The van der Waals surface area contributed by atoms with E-state index in [9.17, 15) is 5.11 Å². The van der Waals surface area contributed by atoms with Crippen molar-refractivity contribution in [2.45, 2.75) is 18.4 Å². The Morgan fingerprint density at radius 1 is 1.39 bits per heavy atom. The van der Waals surface area contributed by atoms with Crippen LogP contribution in [0.1, 0.15) is 17.9 Å². The highest BCUT2D eigenvalue weighted by Gasteiger charge is 2.13. The maximum absolute atomic E-state index is 9.21. The van der Waals surface area contributed by atoms with Crippen LogP contribution < -0.4 is 5.32 Å². The molecular formula is C14H20N2O2. The maximum atomic E-state index is 9.21. The summed E-state index contributed by atoms with van der Waals surface area (Å²) in [5.41, 5.74) is 0.996. The van der Waals surface area contributed by atoms with Crippen molar-refractivity contribution in [3.05, 3.63) is 35.9 Å². The summed E-state index contributed by atoms with van der Waals surface area (Å²) in [5, 5.41) is 21.6. The molecule has 0 heterocycles. The molecular weight excluding hydrogens is 228 g/mol. The largest absolute Gasteiger partial charge is 0.395 e. The monoisotopic (exact) mass is 248 g/mol. The molecule has 0 radical (unpaired) electrons. The van der Waals surface area contributed by atoms with Crippen LogP contribution in [0.5, 0.6) is 0 Å². The number of aliphatic hydroxyl groups excluding tert-OH is 1. The molecule has 0 bridgehead atoms. The zero-order valence-electron chi connectivity index (χ0n) is 10.7. The zero-order valence-corrected chi connectivity index (χ0v) is 10.7. The number of methoxy groups -OCH3 is 1. The fraction of sp³-hybridized carbons (Fsp3) is 0.500. The first kappa shape index (κ1) is 14.7. The number of ether oxygens (including phenoxy) is 1. The van der Waals surface area contributed by atoms with Crippen molar-refractivity contribution < 1.29 is 9.84 Å². The van der Waals surface area contributed by atoms with Gasteiger partial charge in [-0.3, -0.25) is 0 Å². The highest BCUT2D eigenvalue weighted by atomic mass is 16.5. The van der Waals surface area contributed by atoms with Gasteiger partial charge in [-0.15, -0.1) is 0 Å². The first-order valence-corrected chi connectivity index (χ1v) is 6.09. The molecule has 98 valence electrons. The van der Waals surface area contributed by atoms with Gasteiger partial charge in [-0.2, -0.15) is 5.26 Å². The van der Waals surface area contributed by atoms with Crippen molar-refractivity contribution in [1.82, 2.24) is 5.32 Å². The SMILES string of the molecule is COCCC(CO)NCC(C#N)c1ccccc1. The van der Waals surface area contributed by atoms with Crippen LogP contribution in [0.4, 0.5) is 0 Å². The average molecular weight is 248 g/mol. The molecule has 0 spiro atoms. The molecule has 2 unspecified atom stereocenters. The molecule has 0 aromatic heterocycles. The molecule has 2 N–H and O–H groups in total. The number of benzene rings is 1. The van der Waals surface area contributed by atoms with Gasteiger partial charge in [0.05, 0.1) is 18.6 Å². The molecule has 0 amide bonds. The first-order chi connectivity index (χ1) is 8.81. The number of nitriles is 1. The van der Waals surface area contributed by atoms with Gasteiger partial charge in [0, 0.05) is 26.3 Å². The van der Waals surface area contributed by atoms with E-state index in [1.807, 2.05) is 30.3 Å². The van der Waals surface area contributed by atoms with Crippen LogP contribution in [0.2, 0.25) is 0 Å². The number of hydrogen-bond donors (Lipinski definition) is 2. The van der Waals surface area contributed by atoms with Crippen LogP contribution in [-0.2, 0) is 4.74 Å². The summed E-state index contributed by atoms with van der Waals surface area (Å²) >= 11 is 0. The van der Waals surface area contributed by atoms with Crippen LogP contribution in [0, 0.1) is 11.3 Å². The van der Waals surface area contributed by atoms with Gasteiger partial charge in [-0.05, 0) is 12.0 Å². The van der Waals surface area contributed by atoms with Gasteiger partial charge in [0.15, 0.2) is 0 Å². The lowest BCUT2D eigenvalue weighted by Gasteiger charge is -2.18. The Balaban J connectivity index is 2.47. The van der Waals surface area contributed by atoms with Crippen molar-refractivity contribution in [2.24, 2.45) is 0 Å². The van der Waals surface area contributed by atoms with Gasteiger partial charge in [0.25, 0.3) is 0 Å². The van der Waals surface area contributed by atoms with Crippen molar-refractivity contribution in [3.63, 3.8) is 0 Å². The Morgan fingerprint density at radius 2 is 2.11 bits per heavy atom. The molecule has 4 nitrogen and oxygen atoms in total. The summed E-state index contributed by atoms with van der Waals surface area (Å²) in [4.78, 5) is 0. The molecule has 1 rings (SSSR count). The summed E-state index contributed by atoms with van der Waals surface area (Å²) in [6.45, 7) is 1.19. The van der Waals surface area contributed by atoms with E-state index in [0.29, 0.717) is 13.2 Å². The Kier molecular flexibility index (Phi) is 7.04. The average Bonchev–Trinajstić information content (AvgIpc) is 2.44. The lowest BCUT2D eigenvalue weighted by Crippen LogP contribution is -2.36. The summed E-state index contributed by atoms with van der Waals surface area (Å²) < 4.78 is 4.98. The summed E-state index contributed by atoms with van der Waals surface area (Å²) in [7, 11) is 1.64. The Labute approximate surface area is 108 Å². The van der Waals surface area contributed by atoms with Gasteiger partial charge < -0.3 is 15.2 Å². The van der Waals surface area contributed by atoms with E-state index >= 15 is 0 Å². The van der Waals surface area contributed by atoms with E-state index in [-0.39, 0.29) is 18.6 Å². The highest BCUT2D eigenvalue weighted by Crippen LogP contribution is 2.13. The Morgan fingerprint density at radius 3 is 2.67 bits per heavy atom. The third-order valence-electron chi connectivity index (χ3n) is 2.86. The minimum absolute atomic E-state index is 0.0236. The number of aliphatic hydroxyl groups is 1. The fourth-order valence-corrected chi connectivity index (χ4v) is 1.73. The van der Waals surface area contributed by atoms with Crippen molar-refractivity contribution in [3.8, 4) is 6.07 Å². The van der Waals surface area contributed by atoms with Gasteiger partial charge in [-0.25, -0.2) is 0 Å². The normalized spacial score (nSPS) is 13.8. The molecule has 18 heavy (non-hydrogen) atoms. The molecule has 0 saturated heterocycles. The van der Waals surface area contributed by atoms with E-state index in [1.165, 1.54) is 0 Å². The van der Waals surface area contributed by atoms with E-state index < -0.39 is 0 Å². The Hall–Kier alpha value is -1.41. The lowest BCUT2D eigenvalue weighted by atomic mass is 10.0. The van der Waals surface area contributed by atoms with Crippen molar-refractivity contribution in [2.75, 3.05) is 26.9 Å². The van der Waals surface area contributed by atoms with Crippen LogP contribution in [0.25, 0.3) is 0 Å². The molecule has 0 aliphatic carbocycles. The van der Waals surface area contributed by atoms with Gasteiger partial charge in [-0.1, -0.05) is 30.3 Å². The Bertz CT molecular complexity index is 362. The van der Waals surface area contributed by atoms with Gasteiger partial charge in [0.1, 0.15) is 0 Å². The predicted molar refractivity (Wildman–Crippen MR) is 70.2 cm³/mol. The molecule has 2 atom stereocenters. The number of nitrogens with zero attached hydrogens (tertiary/aromatic N) is 1. The maximum Gasteiger partial charge on any atom is 0.0837 e. The molecule has 0 aliphatic rings. The van der Waals surface area contributed by atoms with E-state index in [1.54, 1.807) is 7.11 Å². The lowest BCUT2D eigenvalue weighted by molar-refractivity contribution is 0.159. The molecule has 1 aromatic rings. The van der Waals surface area contributed by atoms with E-state index in [4.69, 9.17) is 10.00 Å². The predicted octanol–water partition coefficient (Wildman–Crippen LogP) is 1.28. The summed E-state index contributed by atoms with van der Waals surface area (Å²) in [6, 6.07) is 11.9. The number of rotatable bonds is 8. The minimum atomic E-state index is -0.192. The highest BCUT2D eigenvalue weighted by molar-refractivity contribution is 5.25. The standard InChI is InChI=1S/C14H20N2O2/c1-18-8-7-14(11-17)16-10-13(9-15)12-5-3-2-4-6-12/h2-6,13-14,16-17H,7-8,10-11H2,1H3. The molecule has 4 heteroatoms. The second-order valence-corrected chi connectivity index (χ2v) is 4.16. The number of nitrogens with one attached hydrogen (secondary N) is 1. The van der Waals surface area contributed by atoms with Gasteiger partial charge in [0.2, 0.25) is 0 Å². The van der Waals surface area contributed by atoms with Crippen LogP contribution in [-0.4, -0.2) is 38.0 Å². The smallest absolute Gasteiger partial charge is 0.0837 e. The fourth-order valence-electron chi connectivity index (χ4n) is 1.73. The van der Waals surface area contributed by atoms with E-state index in [0.717, 1.165) is 12.0 Å². The molecule has 0 aliphatic heterocycles. The summed E-state index contributed by atoms with van der Waals surface area (Å²) in [5.74, 6) is -0.192. The van der Waals surface area contributed by atoms with Crippen molar-refractivity contribution in [1.29, 1.82) is 5.26 Å². The molecule has 1 aromatic carbocycles. The molecule has 0 saturated carbocycles. The second kappa shape index (κ2) is 8.65. The zero-order chi connectivity index (χ0) is 13.2. The van der Waals surface area contributed by atoms with E-state index in [2.05, 4.69) is 11.4 Å². The minimum Gasteiger partial charge on any atom is -0.395 e. The van der Waals surface area contributed by atoms with Crippen LogP contribution in [0.3, 0.4) is 0 Å². The topological polar surface area (TPSA) is 65.3 Å². The number of hydrogen-bond acceptors (Lipinski definition) is 4. The third-order valence-corrected chi connectivity index (χ3v) is 2.86.